The normalized spacial score (nSPS) is 21.7. The van der Waals surface area contributed by atoms with Crippen molar-refractivity contribution in [2.75, 3.05) is 72.5 Å². The highest BCUT2D eigenvalue weighted by Gasteiger charge is 2.29. The van der Waals surface area contributed by atoms with E-state index in [1.165, 1.54) is 10.6 Å². The summed E-state index contributed by atoms with van der Waals surface area (Å²) >= 11 is 0. The summed E-state index contributed by atoms with van der Waals surface area (Å²) in [5.74, 6) is 0.743. The van der Waals surface area contributed by atoms with Crippen LogP contribution in [-0.4, -0.2) is 117 Å². The van der Waals surface area contributed by atoms with Gasteiger partial charge in [0.15, 0.2) is 5.96 Å². The summed E-state index contributed by atoms with van der Waals surface area (Å²) in [5, 5.41) is 7.09. The Morgan fingerprint density at radius 2 is 1.90 bits per heavy atom. The van der Waals surface area contributed by atoms with Crippen LogP contribution in [0.15, 0.2) is 21.8 Å². The molecule has 0 spiro atoms. The zero-order valence-corrected chi connectivity index (χ0v) is 19.1. The maximum absolute atomic E-state index is 12.6. The molecule has 1 N–H and O–H groups in total. The molecule has 1 atom stereocenters. The zero-order chi connectivity index (χ0) is 21.6. The number of likely N-dealkylation sites (N-methyl/N-ethyl adjacent to an activating group) is 1. The highest BCUT2D eigenvalue weighted by molar-refractivity contribution is 7.88. The van der Waals surface area contributed by atoms with Crippen molar-refractivity contribution in [2.24, 2.45) is 4.99 Å². The van der Waals surface area contributed by atoms with Crippen molar-refractivity contribution in [3.8, 4) is 0 Å². The number of guanidine groups is 1. The first kappa shape index (κ1) is 23.0. The van der Waals surface area contributed by atoms with Crippen LogP contribution >= 0.6 is 0 Å². The van der Waals surface area contributed by atoms with Crippen molar-refractivity contribution >= 4 is 16.0 Å². The molecule has 2 saturated heterocycles. The van der Waals surface area contributed by atoms with Crippen LogP contribution in [0.1, 0.15) is 19.5 Å². The molecular weight excluding hydrogens is 406 g/mol. The van der Waals surface area contributed by atoms with Gasteiger partial charge in [-0.15, -0.1) is 0 Å². The van der Waals surface area contributed by atoms with Gasteiger partial charge >= 0.3 is 0 Å². The minimum atomic E-state index is -3.40. The van der Waals surface area contributed by atoms with Gasteiger partial charge in [0.25, 0.3) is 0 Å². The smallest absolute Gasteiger partial charge is 0.220 e. The topological polar surface area (TPSA) is 97.5 Å². The van der Waals surface area contributed by atoms with E-state index < -0.39 is 10.0 Å². The molecular formula is C19H35N7O3S. The first-order valence-corrected chi connectivity index (χ1v) is 12.3. The maximum atomic E-state index is 12.6. The van der Waals surface area contributed by atoms with Gasteiger partial charge in [-0.05, 0) is 20.9 Å². The standard InChI is InChI=1S/C19H35N7O3S/c1-4-20-19(21-15-17(2)24-8-6-23(3)7-9-24)25-10-12-26(13-11-25)30(27,28)16-18-5-14-29-22-18/h5,14,17H,4,6-13,15-16H2,1-3H3,(H,20,21). The zero-order valence-electron chi connectivity index (χ0n) is 18.3. The van der Waals surface area contributed by atoms with Gasteiger partial charge in [-0.25, -0.2) is 8.42 Å². The first-order chi connectivity index (χ1) is 14.4. The number of sulfonamides is 1. The molecule has 3 rings (SSSR count). The fraction of sp³-hybridized carbons (Fsp3) is 0.789. The molecule has 0 radical (unpaired) electrons. The Morgan fingerprint density at radius 3 is 2.50 bits per heavy atom. The Hall–Kier alpha value is -1.69. The van der Waals surface area contributed by atoms with E-state index >= 15 is 0 Å². The molecule has 1 unspecified atom stereocenters. The van der Waals surface area contributed by atoms with Crippen LogP contribution < -0.4 is 5.32 Å². The molecule has 1 aromatic heterocycles. The van der Waals surface area contributed by atoms with Crippen molar-refractivity contribution in [2.45, 2.75) is 25.6 Å². The predicted molar refractivity (Wildman–Crippen MR) is 117 cm³/mol. The lowest BCUT2D eigenvalue weighted by Gasteiger charge is -2.37. The van der Waals surface area contributed by atoms with E-state index in [4.69, 9.17) is 9.52 Å². The second-order valence-corrected chi connectivity index (χ2v) is 9.98. The number of nitrogens with one attached hydrogen (secondary N) is 1. The molecule has 1 aromatic rings. The van der Waals surface area contributed by atoms with Crippen molar-refractivity contribution in [3.05, 3.63) is 18.0 Å². The van der Waals surface area contributed by atoms with Gasteiger partial charge in [-0.3, -0.25) is 9.89 Å². The number of hydrogen-bond donors (Lipinski definition) is 1. The largest absolute Gasteiger partial charge is 0.364 e. The van der Waals surface area contributed by atoms with E-state index in [9.17, 15) is 8.42 Å². The van der Waals surface area contributed by atoms with Crippen LogP contribution in [-0.2, 0) is 15.8 Å². The highest BCUT2D eigenvalue weighted by atomic mass is 32.2. The van der Waals surface area contributed by atoms with Gasteiger partial charge in [-0.1, -0.05) is 5.16 Å². The van der Waals surface area contributed by atoms with E-state index in [0.29, 0.717) is 37.9 Å². The van der Waals surface area contributed by atoms with Gasteiger partial charge in [0, 0.05) is 71.0 Å². The summed E-state index contributed by atoms with van der Waals surface area (Å²) in [6.07, 6.45) is 1.39. The quantitative estimate of drug-likeness (QED) is 0.456. The van der Waals surface area contributed by atoms with Gasteiger partial charge in [0.05, 0.1) is 12.2 Å². The second kappa shape index (κ2) is 10.6. The predicted octanol–water partition coefficient (Wildman–Crippen LogP) is -0.277. The first-order valence-electron chi connectivity index (χ1n) is 10.7. The maximum Gasteiger partial charge on any atom is 0.220 e. The minimum Gasteiger partial charge on any atom is -0.364 e. The van der Waals surface area contributed by atoms with Crippen molar-refractivity contribution in [1.29, 1.82) is 0 Å². The van der Waals surface area contributed by atoms with E-state index in [1.807, 2.05) is 0 Å². The van der Waals surface area contributed by atoms with E-state index in [0.717, 1.165) is 45.2 Å². The van der Waals surface area contributed by atoms with Gasteiger partial charge in [0.2, 0.25) is 10.0 Å². The Morgan fingerprint density at radius 1 is 1.20 bits per heavy atom. The summed E-state index contributed by atoms with van der Waals surface area (Å²) in [6.45, 7) is 12.3. The van der Waals surface area contributed by atoms with Crippen molar-refractivity contribution in [1.82, 2.24) is 29.5 Å². The second-order valence-electron chi connectivity index (χ2n) is 8.02. The molecule has 3 heterocycles. The van der Waals surface area contributed by atoms with E-state index in [-0.39, 0.29) is 5.75 Å². The number of hydrogen-bond acceptors (Lipinski definition) is 7. The molecule has 0 saturated carbocycles. The van der Waals surface area contributed by atoms with Crippen LogP contribution in [0.5, 0.6) is 0 Å². The molecule has 11 heteroatoms. The average Bonchev–Trinajstić information content (AvgIpc) is 3.24. The lowest BCUT2D eigenvalue weighted by atomic mass is 10.2. The molecule has 0 bridgehead atoms. The third kappa shape index (κ3) is 6.16. The molecule has 0 aromatic carbocycles. The molecule has 30 heavy (non-hydrogen) atoms. The molecule has 0 amide bonds. The van der Waals surface area contributed by atoms with E-state index in [2.05, 4.69) is 46.1 Å². The summed E-state index contributed by atoms with van der Waals surface area (Å²) in [7, 11) is -1.24. The van der Waals surface area contributed by atoms with E-state index in [1.54, 1.807) is 6.07 Å². The molecule has 170 valence electrons. The molecule has 2 aliphatic rings. The van der Waals surface area contributed by atoms with Crippen LogP contribution in [0, 0.1) is 0 Å². The lowest BCUT2D eigenvalue weighted by Crippen LogP contribution is -2.54. The number of piperazine rings is 2. The fourth-order valence-electron chi connectivity index (χ4n) is 3.79. The fourth-order valence-corrected chi connectivity index (χ4v) is 5.22. The minimum absolute atomic E-state index is 0.125. The summed E-state index contributed by atoms with van der Waals surface area (Å²) < 4.78 is 31.6. The lowest BCUT2D eigenvalue weighted by molar-refractivity contribution is 0.122. The number of nitrogens with zero attached hydrogens (tertiary/aromatic N) is 6. The van der Waals surface area contributed by atoms with Gasteiger partial charge in [-0.2, -0.15) is 4.31 Å². The third-order valence-corrected chi connectivity index (χ3v) is 7.57. The highest BCUT2D eigenvalue weighted by Crippen LogP contribution is 2.13. The Bertz CT molecular complexity index is 768. The average molecular weight is 442 g/mol. The van der Waals surface area contributed by atoms with Crippen LogP contribution in [0.4, 0.5) is 0 Å². The SMILES string of the molecule is CCNC(=NCC(C)N1CCN(C)CC1)N1CCN(S(=O)(=O)Cc2ccon2)CC1. The monoisotopic (exact) mass is 441 g/mol. The summed E-state index contributed by atoms with van der Waals surface area (Å²) in [5.41, 5.74) is 0.435. The molecule has 2 aliphatic heterocycles. The Labute approximate surface area is 179 Å². The summed E-state index contributed by atoms with van der Waals surface area (Å²) in [4.78, 5) is 11.9. The van der Waals surface area contributed by atoms with Gasteiger partial charge < -0.3 is 19.6 Å². The Balaban J connectivity index is 1.53. The third-order valence-electron chi connectivity index (χ3n) is 5.75. The number of aliphatic imine (C=N–C) groups is 1. The molecule has 0 aliphatic carbocycles. The summed E-state index contributed by atoms with van der Waals surface area (Å²) in [6, 6.07) is 1.97. The molecule has 2 fully saturated rings. The van der Waals surface area contributed by atoms with Crippen molar-refractivity contribution < 1.29 is 12.9 Å². The Kier molecular flexibility index (Phi) is 8.09. The van der Waals surface area contributed by atoms with Crippen molar-refractivity contribution in [3.63, 3.8) is 0 Å². The number of rotatable bonds is 7. The van der Waals surface area contributed by atoms with Gasteiger partial charge in [0.1, 0.15) is 12.0 Å². The van der Waals surface area contributed by atoms with Crippen LogP contribution in [0.3, 0.4) is 0 Å². The van der Waals surface area contributed by atoms with Crippen LogP contribution in [0.25, 0.3) is 0 Å². The molecule has 10 nitrogen and oxygen atoms in total. The number of aromatic nitrogens is 1. The van der Waals surface area contributed by atoms with Crippen LogP contribution in [0.2, 0.25) is 0 Å².